The first-order chi connectivity index (χ1) is 13.5. The maximum Gasteiger partial charge on any atom is 0.252 e. The number of carbonyl (C=O) groups excluding carboxylic acids is 1. The average molecular weight is 386 g/mol. The van der Waals surface area contributed by atoms with E-state index in [4.69, 9.17) is 15.6 Å². The highest BCUT2D eigenvalue weighted by Gasteiger charge is 2.15. The molecule has 0 heterocycles. The number of amides is 1. The number of benzene rings is 2. The number of primary amides is 1. The fourth-order valence-electron chi connectivity index (χ4n) is 2.88. The van der Waals surface area contributed by atoms with Crippen LogP contribution < -0.4 is 15.8 Å². The molecule has 0 fully saturated rings. The van der Waals surface area contributed by atoms with Crippen molar-refractivity contribution in [3.8, 4) is 5.75 Å². The predicted molar refractivity (Wildman–Crippen MR) is 109 cm³/mol. The lowest BCUT2D eigenvalue weighted by Crippen LogP contribution is -2.31. The number of aliphatic hydroxyl groups is 2. The van der Waals surface area contributed by atoms with Gasteiger partial charge in [-0.1, -0.05) is 36.4 Å². The van der Waals surface area contributed by atoms with Crippen molar-refractivity contribution >= 4 is 5.91 Å². The van der Waals surface area contributed by atoms with E-state index in [0.717, 1.165) is 12.8 Å². The van der Waals surface area contributed by atoms with E-state index >= 15 is 0 Å². The number of nitrogens with two attached hydrogens (primary N) is 1. The third-order valence-electron chi connectivity index (χ3n) is 4.58. The summed E-state index contributed by atoms with van der Waals surface area (Å²) in [5.41, 5.74) is 7.56. The highest BCUT2D eigenvalue weighted by Crippen LogP contribution is 2.23. The Balaban J connectivity index is 1.89. The minimum absolute atomic E-state index is 0.0107. The summed E-state index contributed by atoms with van der Waals surface area (Å²) in [5, 5.41) is 22.6. The van der Waals surface area contributed by atoms with Gasteiger partial charge in [0.05, 0.1) is 18.3 Å². The number of hydrogen-bond donors (Lipinski definition) is 4. The van der Waals surface area contributed by atoms with Crippen molar-refractivity contribution in [2.45, 2.75) is 38.3 Å². The molecule has 0 saturated heterocycles. The molecule has 2 atom stereocenters. The fraction of sp³-hybridized carbons (Fsp3) is 0.409. The van der Waals surface area contributed by atoms with E-state index in [-0.39, 0.29) is 18.2 Å². The van der Waals surface area contributed by atoms with Crippen LogP contribution in [0.1, 0.15) is 47.4 Å². The van der Waals surface area contributed by atoms with Gasteiger partial charge >= 0.3 is 0 Å². The lowest BCUT2D eigenvalue weighted by molar-refractivity contribution is 0.0995. The predicted octanol–water partition coefficient (Wildman–Crippen LogP) is 2.19. The zero-order valence-corrected chi connectivity index (χ0v) is 16.3. The van der Waals surface area contributed by atoms with Gasteiger partial charge < -0.3 is 26.0 Å². The van der Waals surface area contributed by atoms with Gasteiger partial charge in [0.2, 0.25) is 0 Å². The van der Waals surface area contributed by atoms with Gasteiger partial charge in [-0.15, -0.1) is 0 Å². The quantitative estimate of drug-likeness (QED) is 0.419. The van der Waals surface area contributed by atoms with Crippen molar-refractivity contribution in [2.75, 3.05) is 19.8 Å². The van der Waals surface area contributed by atoms with Crippen molar-refractivity contribution in [2.24, 2.45) is 5.73 Å². The molecule has 0 aliphatic carbocycles. The molecule has 28 heavy (non-hydrogen) atoms. The van der Waals surface area contributed by atoms with E-state index in [1.54, 1.807) is 18.2 Å². The second-order valence-electron chi connectivity index (χ2n) is 6.89. The van der Waals surface area contributed by atoms with Crippen LogP contribution in [-0.4, -0.2) is 41.9 Å². The molecule has 0 radical (unpaired) electrons. The molecule has 2 aromatic rings. The summed E-state index contributed by atoms with van der Waals surface area (Å²) in [5.74, 6) is -0.252. The SMILES string of the molecule is CC(CCc1ccccc1)NCC(O)c1ccc(OCCCO)c(C(N)=O)c1. The minimum Gasteiger partial charge on any atom is -0.493 e. The first kappa shape index (κ1) is 21.9. The first-order valence-electron chi connectivity index (χ1n) is 9.64. The molecule has 0 bridgehead atoms. The van der Waals surface area contributed by atoms with E-state index < -0.39 is 12.0 Å². The standard InChI is InChI=1S/C22H30N2O4/c1-16(8-9-17-6-3-2-4-7-17)24-15-20(26)18-10-11-21(28-13-5-12-25)19(14-18)22(23)27/h2-4,6-7,10-11,14,16,20,24-26H,5,8-9,12-13,15H2,1H3,(H2,23,27). The maximum atomic E-state index is 11.7. The van der Waals surface area contributed by atoms with E-state index in [2.05, 4.69) is 24.4 Å². The molecule has 2 aromatic carbocycles. The Morgan fingerprint density at radius 3 is 2.64 bits per heavy atom. The molecule has 6 heteroatoms. The molecule has 5 N–H and O–H groups in total. The van der Waals surface area contributed by atoms with Gasteiger partial charge in [0, 0.05) is 25.6 Å². The summed E-state index contributed by atoms with van der Waals surface area (Å²) >= 11 is 0. The molecule has 2 unspecified atom stereocenters. The smallest absolute Gasteiger partial charge is 0.252 e. The Morgan fingerprint density at radius 1 is 1.21 bits per heavy atom. The number of rotatable bonds is 12. The van der Waals surface area contributed by atoms with Gasteiger partial charge in [0.25, 0.3) is 5.91 Å². The Kier molecular flexibility index (Phi) is 8.94. The van der Waals surface area contributed by atoms with Crippen molar-refractivity contribution in [3.63, 3.8) is 0 Å². The summed E-state index contributed by atoms with van der Waals surface area (Å²) in [6.07, 6.45) is 1.63. The zero-order valence-electron chi connectivity index (χ0n) is 16.3. The molecule has 6 nitrogen and oxygen atoms in total. The molecule has 0 spiro atoms. The maximum absolute atomic E-state index is 11.7. The lowest BCUT2D eigenvalue weighted by atomic mass is 10.0. The van der Waals surface area contributed by atoms with Gasteiger partial charge in [-0.05, 0) is 43.0 Å². The van der Waals surface area contributed by atoms with Crippen LogP contribution in [0.2, 0.25) is 0 Å². The van der Waals surface area contributed by atoms with Gasteiger partial charge in [-0.3, -0.25) is 4.79 Å². The topological polar surface area (TPSA) is 105 Å². The number of aryl methyl sites for hydroxylation is 1. The van der Waals surface area contributed by atoms with Crippen LogP contribution in [0.25, 0.3) is 0 Å². The molecule has 2 rings (SSSR count). The highest BCUT2D eigenvalue weighted by molar-refractivity contribution is 5.95. The van der Waals surface area contributed by atoms with Crippen LogP contribution in [0.15, 0.2) is 48.5 Å². The third-order valence-corrected chi connectivity index (χ3v) is 4.58. The molecule has 0 aliphatic heterocycles. The average Bonchev–Trinajstić information content (AvgIpc) is 2.71. The largest absolute Gasteiger partial charge is 0.493 e. The summed E-state index contributed by atoms with van der Waals surface area (Å²) in [6.45, 7) is 2.76. The Labute approximate surface area is 166 Å². The second-order valence-corrected chi connectivity index (χ2v) is 6.89. The van der Waals surface area contributed by atoms with E-state index in [9.17, 15) is 9.90 Å². The number of ether oxygens (including phenoxy) is 1. The van der Waals surface area contributed by atoms with Crippen LogP contribution >= 0.6 is 0 Å². The van der Waals surface area contributed by atoms with Crippen molar-refractivity contribution in [1.82, 2.24) is 5.32 Å². The molecule has 0 saturated carbocycles. The number of carbonyl (C=O) groups is 1. The fourth-order valence-corrected chi connectivity index (χ4v) is 2.88. The van der Waals surface area contributed by atoms with Crippen LogP contribution in [0.4, 0.5) is 0 Å². The van der Waals surface area contributed by atoms with Crippen LogP contribution in [0.3, 0.4) is 0 Å². The van der Waals surface area contributed by atoms with E-state index in [1.807, 2.05) is 18.2 Å². The van der Waals surface area contributed by atoms with Crippen molar-refractivity contribution in [1.29, 1.82) is 0 Å². The van der Waals surface area contributed by atoms with Gasteiger partial charge in [0.15, 0.2) is 0 Å². The summed E-state index contributed by atoms with van der Waals surface area (Å²) in [6, 6.07) is 15.5. The third kappa shape index (κ3) is 6.96. The molecule has 0 aromatic heterocycles. The number of aliphatic hydroxyl groups excluding tert-OH is 2. The molecule has 152 valence electrons. The highest BCUT2D eigenvalue weighted by atomic mass is 16.5. The minimum atomic E-state index is -0.760. The molecule has 0 aliphatic rings. The summed E-state index contributed by atoms with van der Waals surface area (Å²) in [4.78, 5) is 11.7. The molecular weight excluding hydrogens is 356 g/mol. The van der Waals surface area contributed by atoms with Crippen LogP contribution in [0, 0.1) is 0 Å². The van der Waals surface area contributed by atoms with Gasteiger partial charge in [-0.25, -0.2) is 0 Å². The first-order valence-corrected chi connectivity index (χ1v) is 9.64. The Morgan fingerprint density at radius 2 is 1.96 bits per heavy atom. The lowest BCUT2D eigenvalue weighted by Gasteiger charge is -2.18. The van der Waals surface area contributed by atoms with Crippen molar-refractivity contribution < 1.29 is 19.7 Å². The van der Waals surface area contributed by atoms with E-state index in [1.165, 1.54) is 5.56 Å². The Bertz CT molecular complexity index is 737. The van der Waals surface area contributed by atoms with Gasteiger partial charge in [-0.2, -0.15) is 0 Å². The normalized spacial score (nSPS) is 13.1. The monoisotopic (exact) mass is 386 g/mol. The summed E-state index contributed by atoms with van der Waals surface area (Å²) in [7, 11) is 0. The Hall–Kier alpha value is -2.41. The number of hydrogen-bond acceptors (Lipinski definition) is 5. The van der Waals surface area contributed by atoms with Crippen molar-refractivity contribution in [3.05, 3.63) is 65.2 Å². The number of nitrogens with one attached hydrogen (secondary N) is 1. The zero-order chi connectivity index (χ0) is 20.4. The van der Waals surface area contributed by atoms with Crippen LogP contribution in [-0.2, 0) is 6.42 Å². The van der Waals surface area contributed by atoms with Gasteiger partial charge in [0.1, 0.15) is 5.75 Å². The summed E-state index contributed by atoms with van der Waals surface area (Å²) < 4.78 is 5.49. The van der Waals surface area contributed by atoms with Crippen LogP contribution in [0.5, 0.6) is 5.75 Å². The second kappa shape index (κ2) is 11.4. The molecular formula is C22H30N2O4. The van der Waals surface area contributed by atoms with E-state index in [0.29, 0.717) is 30.9 Å². The molecule has 1 amide bonds.